The predicted molar refractivity (Wildman–Crippen MR) is 182 cm³/mol. The van der Waals surface area contributed by atoms with Crippen LogP contribution in [0.4, 0.5) is 14.9 Å². The molecular weight excluding hydrogens is 633 g/mol. The second-order valence-corrected chi connectivity index (χ2v) is 14.9. The monoisotopic (exact) mass is 685 g/mol. The van der Waals surface area contributed by atoms with Gasteiger partial charge in [-0.25, -0.2) is 14.0 Å². The molecule has 3 N–H and O–H groups in total. The number of ether oxygens (including phenoxy) is 2. The number of fused-ring (bicyclic) bond motifs is 1. The summed E-state index contributed by atoms with van der Waals surface area (Å²) < 4.78 is 30.1. The first-order chi connectivity index (χ1) is 23.5. The molecule has 49 heavy (non-hydrogen) atoms. The van der Waals surface area contributed by atoms with Crippen LogP contribution in [-0.2, 0) is 19.1 Å². The van der Waals surface area contributed by atoms with Gasteiger partial charge in [-0.1, -0.05) is 32.1 Å². The summed E-state index contributed by atoms with van der Waals surface area (Å²) in [4.78, 5) is 54.7. The third-order valence-electron chi connectivity index (χ3n) is 10.3. The fraction of sp³-hybridized carbons (Fsp3) is 0.676. The van der Waals surface area contributed by atoms with E-state index in [1.807, 2.05) is 0 Å². The Kier molecular flexibility index (Phi) is 12.2. The van der Waals surface area contributed by atoms with Gasteiger partial charge in [0.1, 0.15) is 23.9 Å². The lowest BCUT2D eigenvalue weighted by Gasteiger charge is -2.37. The molecule has 2 saturated carbocycles. The molecule has 0 spiro atoms. The maximum Gasteiger partial charge on any atom is 0.407 e. The molecule has 270 valence electrons. The van der Waals surface area contributed by atoms with Crippen LogP contribution in [0.2, 0.25) is 0 Å². The molecular formula is C37H52FN3O8. The molecule has 1 aliphatic heterocycles. The van der Waals surface area contributed by atoms with E-state index in [1.54, 1.807) is 49.9 Å². The summed E-state index contributed by atoms with van der Waals surface area (Å²) in [6.07, 6.45) is 8.34. The van der Waals surface area contributed by atoms with Crippen molar-refractivity contribution < 1.29 is 42.6 Å². The highest BCUT2D eigenvalue weighted by Gasteiger charge is 2.47. The molecule has 2 aromatic rings. The number of halogens is 1. The van der Waals surface area contributed by atoms with Crippen molar-refractivity contribution in [3.05, 3.63) is 30.0 Å². The number of aliphatic hydroxyl groups excluding tert-OH is 1. The first-order valence-electron chi connectivity index (χ1n) is 18.0. The number of alkyl carbamates (subject to hydrolysis) is 1. The van der Waals surface area contributed by atoms with Gasteiger partial charge in [0.05, 0.1) is 12.6 Å². The number of anilines is 1. The van der Waals surface area contributed by atoms with E-state index in [0.717, 1.165) is 32.1 Å². The van der Waals surface area contributed by atoms with E-state index in [0.29, 0.717) is 61.2 Å². The Morgan fingerprint density at radius 3 is 2.43 bits per heavy atom. The Hall–Kier alpha value is -3.67. The van der Waals surface area contributed by atoms with Crippen molar-refractivity contribution in [2.75, 3.05) is 31.7 Å². The van der Waals surface area contributed by atoms with Gasteiger partial charge in [0, 0.05) is 36.6 Å². The minimum absolute atomic E-state index is 0.0246. The second-order valence-electron chi connectivity index (χ2n) is 14.9. The number of likely N-dealkylation sites (tertiary alicyclic amines) is 1. The molecule has 3 aliphatic rings. The zero-order valence-corrected chi connectivity index (χ0v) is 29.0. The molecule has 2 aliphatic carbocycles. The van der Waals surface area contributed by atoms with Crippen LogP contribution in [0.3, 0.4) is 0 Å². The molecule has 1 aromatic heterocycles. The van der Waals surface area contributed by atoms with Crippen molar-refractivity contribution in [3.63, 3.8) is 0 Å². The number of nitrogens with zero attached hydrogens (tertiary/aromatic N) is 1. The molecule has 3 fully saturated rings. The number of rotatable bonds is 11. The zero-order chi connectivity index (χ0) is 35.1. The average molecular weight is 686 g/mol. The SMILES string of the molecule is CC(C)(C)OC(=O)N[C@H](CF)C1CCC(C(=O)N2CC[C@@H](C3CCCCC3)[C@@H]2C(=O)Nc2ccc3oc(C(=O)OCCCO)cc3c2)CC1. The lowest BCUT2D eigenvalue weighted by molar-refractivity contribution is -0.142. The first-order valence-corrected chi connectivity index (χ1v) is 18.0. The second kappa shape index (κ2) is 16.4. The van der Waals surface area contributed by atoms with E-state index in [2.05, 4.69) is 10.6 Å². The molecule has 5 rings (SSSR count). The van der Waals surface area contributed by atoms with Crippen molar-refractivity contribution in [2.24, 2.45) is 23.7 Å². The quantitative estimate of drug-likeness (QED) is 0.183. The van der Waals surface area contributed by atoms with E-state index in [9.17, 15) is 23.6 Å². The van der Waals surface area contributed by atoms with Gasteiger partial charge in [-0.3, -0.25) is 9.59 Å². The van der Waals surface area contributed by atoms with Crippen LogP contribution in [-0.4, -0.2) is 78.0 Å². The number of carbonyl (C=O) groups excluding carboxylic acids is 4. The van der Waals surface area contributed by atoms with Crippen LogP contribution in [0.5, 0.6) is 0 Å². The highest BCUT2D eigenvalue weighted by Crippen LogP contribution is 2.41. The summed E-state index contributed by atoms with van der Waals surface area (Å²) >= 11 is 0. The fourth-order valence-corrected chi connectivity index (χ4v) is 7.94. The standard InChI is InChI=1S/C37H52FN3O8/c1-37(2,3)49-36(46)40-29(22-38)24-10-12-25(13-11-24)34(44)41-17-16-28(23-8-5-4-6-9-23)32(41)33(43)39-27-14-15-30-26(20-27)21-31(48-30)35(45)47-19-7-18-42/h14-15,20-21,23-25,28-29,32,42H,4-13,16-19,22H2,1-3H3,(H,39,43)(H,40,46)/t24?,25?,28-,29+,32+/m0/s1. The summed E-state index contributed by atoms with van der Waals surface area (Å²) in [5.74, 6) is -0.769. The van der Waals surface area contributed by atoms with Crippen molar-refractivity contribution in [1.29, 1.82) is 0 Å². The van der Waals surface area contributed by atoms with Crippen molar-refractivity contribution >= 4 is 40.5 Å². The smallest absolute Gasteiger partial charge is 0.407 e. The lowest BCUT2D eigenvalue weighted by Crippen LogP contribution is -2.50. The molecule has 1 aromatic carbocycles. The first kappa shape index (κ1) is 36.6. The number of amides is 3. The Bertz CT molecular complexity index is 1460. The third-order valence-corrected chi connectivity index (χ3v) is 10.3. The number of aliphatic hydroxyl groups is 1. The van der Waals surface area contributed by atoms with Gasteiger partial charge in [-0.2, -0.15) is 0 Å². The minimum Gasteiger partial charge on any atom is -0.460 e. The number of carbonyl (C=O) groups is 4. The van der Waals surface area contributed by atoms with Crippen LogP contribution in [0.25, 0.3) is 11.0 Å². The third kappa shape index (κ3) is 9.32. The Balaban J connectivity index is 1.26. The van der Waals surface area contributed by atoms with Crippen LogP contribution in [0, 0.1) is 23.7 Å². The van der Waals surface area contributed by atoms with Gasteiger partial charge in [-0.15, -0.1) is 0 Å². The summed E-state index contributed by atoms with van der Waals surface area (Å²) in [6, 6.07) is 5.44. The molecule has 1 saturated heterocycles. The number of nitrogens with one attached hydrogen (secondary N) is 2. The van der Waals surface area contributed by atoms with Crippen molar-refractivity contribution in [2.45, 2.75) is 109 Å². The van der Waals surface area contributed by atoms with E-state index in [1.165, 1.54) is 6.42 Å². The van der Waals surface area contributed by atoms with Gasteiger partial charge in [-0.05, 0) is 94.9 Å². The van der Waals surface area contributed by atoms with Gasteiger partial charge < -0.3 is 34.5 Å². The number of hydrogen-bond donors (Lipinski definition) is 3. The normalized spacial score (nSPS) is 24.0. The number of esters is 1. The maximum absolute atomic E-state index is 14.1. The summed E-state index contributed by atoms with van der Waals surface area (Å²) in [5, 5.41) is 15.3. The topological polar surface area (TPSA) is 147 Å². The predicted octanol–water partition coefficient (Wildman–Crippen LogP) is 6.38. The van der Waals surface area contributed by atoms with Crippen molar-refractivity contribution in [1.82, 2.24) is 10.2 Å². The molecule has 3 atom stereocenters. The van der Waals surface area contributed by atoms with Crippen LogP contribution >= 0.6 is 0 Å². The van der Waals surface area contributed by atoms with Gasteiger partial charge in [0.15, 0.2) is 0 Å². The number of hydrogen-bond acceptors (Lipinski definition) is 8. The zero-order valence-electron chi connectivity index (χ0n) is 29.0. The van der Waals surface area contributed by atoms with Gasteiger partial charge in [0.25, 0.3) is 0 Å². The van der Waals surface area contributed by atoms with Crippen LogP contribution in [0.15, 0.2) is 28.7 Å². The Morgan fingerprint density at radius 2 is 1.76 bits per heavy atom. The van der Waals surface area contributed by atoms with E-state index in [-0.39, 0.29) is 48.5 Å². The van der Waals surface area contributed by atoms with Crippen LogP contribution in [0.1, 0.15) is 102 Å². The fourth-order valence-electron chi connectivity index (χ4n) is 7.94. The van der Waals surface area contributed by atoms with Crippen molar-refractivity contribution in [3.8, 4) is 0 Å². The maximum atomic E-state index is 14.1. The van der Waals surface area contributed by atoms with Gasteiger partial charge in [0.2, 0.25) is 17.6 Å². The van der Waals surface area contributed by atoms with Crippen LogP contribution < -0.4 is 10.6 Å². The number of alkyl halides is 1. The molecule has 11 nitrogen and oxygen atoms in total. The summed E-state index contributed by atoms with van der Waals surface area (Å²) in [7, 11) is 0. The summed E-state index contributed by atoms with van der Waals surface area (Å²) in [5.41, 5.74) is 0.322. The minimum atomic E-state index is -0.708. The molecule has 2 heterocycles. The summed E-state index contributed by atoms with van der Waals surface area (Å²) in [6.45, 7) is 5.09. The molecule has 0 bridgehead atoms. The number of benzene rings is 1. The molecule has 3 amide bonds. The average Bonchev–Trinajstić information content (AvgIpc) is 3.72. The molecule has 0 unspecified atom stereocenters. The highest BCUT2D eigenvalue weighted by molar-refractivity contribution is 6.00. The Labute approximate surface area is 287 Å². The van der Waals surface area contributed by atoms with E-state index < -0.39 is 36.4 Å². The van der Waals surface area contributed by atoms with E-state index in [4.69, 9.17) is 19.0 Å². The van der Waals surface area contributed by atoms with Gasteiger partial charge >= 0.3 is 12.1 Å². The number of furan rings is 1. The molecule has 0 radical (unpaired) electrons. The van der Waals surface area contributed by atoms with E-state index >= 15 is 0 Å². The lowest BCUT2D eigenvalue weighted by atomic mass is 9.76. The largest absolute Gasteiger partial charge is 0.460 e. The Morgan fingerprint density at radius 1 is 1.02 bits per heavy atom. The molecule has 12 heteroatoms. The highest BCUT2D eigenvalue weighted by atomic mass is 19.1.